The first-order chi connectivity index (χ1) is 9.04. The van der Waals surface area contributed by atoms with Gasteiger partial charge in [0.05, 0.1) is 15.5 Å². The van der Waals surface area contributed by atoms with Gasteiger partial charge in [-0.1, -0.05) is 65.3 Å². The van der Waals surface area contributed by atoms with Gasteiger partial charge in [0.25, 0.3) is 0 Å². The summed E-state index contributed by atoms with van der Waals surface area (Å²) in [5.41, 5.74) is 2.19. The highest BCUT2D eigenvalue weighted by atomic mass is 79.9. The fourth-order valence-corrected chi connectivity index (χ4v) is 3.32. The zero-order valence-electron chi connectivity index (χ0n) is 10.6. The van der Waals surface area contributed by atoms with E-state index in [9.17, 15) is 8.42 Å². The number of benzene rings is 2. The first-order valence-electron chi connectivity index (χ1n) is 6.06. The third-order valence-electron chi connectivity index (χ3n) is 3.00. The van der Waals surface area contributed by atoms with Crippen LogP contribution in [0.25, 0.3) is 0 Å². The highest BCUT2D eigenvalue weighted by molar-refractivity contribution is 9.09. The SMILES string of the molecule is CCS(=O)(=O)c1ccc([C@@H](Br)c2ccccc2)cc1. The number of hydrogen-bond acceptors (Lipinski definition) is 2. The molecule has 0 unspecified atom stereocenters. The van der Waals surface area contributed by atoms with Crippen LogP contribution < -0.4 is 0 Å². The molecule has 2 aromatic carbocycles. The predicted octanol–water partition coefficient (Wildman–Crippen LogP) is 3.96. The molecule has 2 rings (SSSR count). The van der Waals surface area contributed by atoms with Crippen LogP contribution in [0.5, 0.6) is 0 Å². The van der Waals surface area contributed by atoms with Crippen LogP contribution in [0.1, 0.15) is 22.9 Å². The van der Waals surface area contributed by atoms with Crippen molar-refractivity contribution in [3.05, 3.63) is 65.7 Å². The van der Waals surface area contributed by atoms with Gasteiger partial charge < -0.3 is 0 Å². The minimum Gasteiger partial charge on any atom is -0.224 e. The quantitative estimate of drug-likeness (QED) is 0.790. The van der Waals surface area contributed by atoms with E-state index >= 15 is 0 Å². The van der Waals surface area contributed by atoms with E-state index in [1.54, 1.807) is 19.1 Å². The van der Waals surface area contributed by atoms with E-state index in [0.29, 0.717) is 4.90 Å². The molecular formula is C15H15BrO2S. The Labute approximate surface area is 122 Å². The summed E-state index contributed by atoms with van der Waals surface area (Å²) >= 11 is 3.64. The minimum absolute atomic E-state index is 0.0760. The lowest BCUT2D eigenvalue weighted by molar-refractivity contribution is 0.597. The fourth-order valence-electron chi connectivity index (χ4n) is 1.83. The third kappa shape index (κ3) is 3.25. The first-order valence-corrected chi connectivity index (χ1v) is 8.63. The lowest BCUT2D eigenvalue weighted by Crippen LogP contribution is -2.03. The molecule has 0 aliphatic rings. The molecule has 0 amide bonds. The van der Waals surface area contributed by atoms with Crippen LogP contribution in [0.3, 0.4) is 0 Å². The Balaban J connectivity index is 2.29. The van der Waals surface area contributed by atoms with Crippen molar-refractivity contribution >= 4 is 25.8 Å². The first kappa shape index (κ1) is 14.3. The fraction of sp³-hybridized carbons (Fsp3) is 0.200. The predicted molar refractivity (Wildman–Crippen MR) is 81.4 cm³/mol. The molecule has 0 aromatic heterocycles. The maximum absolute atomic E-state index is 11.7. The highest BCUT2D eigenvalue weighted by Crippen LogP contribution is 2.31. The van der Waals surface area contributed by atoms with Crippen molar-refractivity contribution in [2.45, 2.75) is 16.6 Å². The van der Waals surface area contributed by atoms with Crippen LogP contribution in [0.15, 0.2) is 59.5 Å². The van der Waals surface area contributed by atoms with Gasteiger partial charge in [0.1, 0.15) is 0 Å². The van der Waals surface area contributed by atoms with Crippen molar-refractivity contribution < 1.29 is 8.42 Å². The largest absolute Gasteiger partial charge is 0.224 e. The average Bonchev–Trinajstić information content (AvgIpc) is 2.47. The average molecular weight is 339 g/mol. The van der Waals surface area contributed by atoms with Gasteiger partial charge in [-0.05, 0) is 23.3 Å². The molecule has 2 nitrogen and oxygen atoms in total. The van der Waals surface area contributed by atoms with E-state index in [2.05, 4.69) is 15.9 Å². The minimum atomic E-state index is -3.12. The summed E-state index contributed by atoms with van der Waals surface area (Å²) in [5.74, 6) is 0.128. The molecule has 0 bridgehead atoms. The molecule has 0 saturated carbocycles. The van der Waals surface area contributed by atoms with Gasteiger partial charge in [-0.25, -0.2) is 8.42 Å². The van der Waals surface area contributed by atoms with Crippen LogP contribution >= 0.6 is 15.9 Å². The van der Waals surface area contributed by atoms with Crippen molar-refractivity contribution in [2.24, 2.45) is 0 Å². The molecule has 0 spiro atoms. The van der Waals surface area contributed by atoms with Crippen molar-refractivity contribution in [2.75, 3.05) is 5.75 Å². The molecule has 0 fully saturated rings. The van der Waals surface area contributed by atoms with Crippen LogP contribution in [0.4, 0.5) is 0 Å². The van der Waals surface area contributed by atoms with Crippen molar-refractivity contribution in [3.63, 3.8) is 0 Å². The van der Waals surface area contributed by atoms with Crippen LogP contribution in [0.2, 0.25) is 0 Å². The molecule has 2 aromatic rings. The third-order valence-corrected chi connectivity index (χ3v) is 5.81. The van der Waals surface area contributed by atoms with E-state index in [4.69, 9.17) is 0 Å². The van der Waals surface area contributed by atoms with Crippen LogP contribution in [-0.4, -0.2) is 14.2 Å². The number of halogens is 1. The molecular weight excluding hydrogens is 324 g/mol. The lowest BCUT2D eigenvalue weighted by Gasteiger charge is -2.11. The van der Waals surface area contributed by atoms with Gasteiger partial charge >= 0.3 is 0 Å². The zero-order chi connectivity index (χ0) is 13.9. The zero-order valence-corrected chi connectivity index (χ0v) is 13.0. The highest BCUT2D eigenvalue weighted by Gasteiger charge is 2.13. The van der Waals surface area contributed by atoms with E-state index in [-0.39, 0.29) is 10.6 Å². The smallest absolute Gasteiger partial charge is 0.178 e. The van der Waals surface area contributed by atoms with Gasteiger partial charge in [-0.15, -0.1) is 0 Å². The van der Waals surface area contributed by atoms with Crippen LogP contribution in [-0.2, 0) is 9.84 Å². The Morgan fingerprint density at radius 1 is 0.947 bits per heavy atom. The van der Waals surface area contributed by atoms with Gasteiger partial charge in [0, 0.05) is 0 Å². The molecule has 0 aliphatic heterocycles. The second-order valence-electron chi connectivity index (χ2n) is 4.25. The summed E-state index contributed by atoms with van der Waals surface area (Å²) in [5, 5.41) is 0. The number of rotatable bonds is 4. The van der Waals surface area contributed by atoms with Crippen molar-refractivity contribution in [1.82, 2.24) is 0 Å². The Bertz CT molecular complexity index is 634. The van der Waals surface area contributed by atoms with Gasteiger partial charge in [0.2, 0.25) is 0 Å². The molecule has 0 saturated heterocycles. The summed E-state index contributed by atoms with van der Waals surface area (Å²) in [6.07, 6.45) is 0. The Kier molecular flexibility index (Phi) is 4.42. The maximum Gasteiger partial charge on any atom is 0.178 e. The summed E-state index contributed by atoms with van der Waals surface area (Å²) in [6.45, 7) is 1.65. The second-order valence-corrected chi connectivity index (χ2v) is 7.44. The molecule has 0 heterocycles. The topological polar surface area (TPSA) is 34.1 Å². The molecule has 0 aliphatic carbocycles. The molecule has 0 radical (unpaired) electrons. The van der Waals surface area contributed by atoms with E-state index in [0.717, 1.165) is 11.1 Å². The normalized spacial score (nSPS) is 13.2. The summed E-state index contributed by atoms with van der Waals surface area (Å²) in [4.78, 5) is 0.457. The summed E-state index contributed by atoms with van der Waals surface area (Å²) in [6, 6.07) is 17.1. The molecule has 19 heavy (non-hydrogen) atoms. The van der Waals surface area contributed by atoms with E-state index in [1.807, 2.05) is 42.5 Å². The Morgan fingerprint density at radius 2 is 1.47 bits per heavy atom. The van der Waals surface area contributed by atoms with Crippen LogP contribution in [0, 0.1) is 0 Å². The molecule has 4 heteroatoms. The monoisotopic (exact) mass is 338 g/mol. The lowest BCUT2D eigenvalue weighted by atomic mass is 10.1. The molecule has 0 N–H and O–H groups in total. The molecule has 1 atom stereocenters. The van der Waals surface area contributed by atoms with E-state index in [1.165, 1.54) is 0 Å². The van der Waals surface area contributed by atoms with Gasteiger partial charge in [0.15, 0.2) is 9.84 Å². The Morgan fingerprint density at radius 3 is 2.00 bits per heavy atom. The standard InChI is InChI=1S/C15H15BrO2S/c1-2-19(17,18)14-10-8-13(9-11-14)15(16)12-6-4-3-5-7-12/h3-11,15H,2H2,1H3/t15-/m0/s1. The van der Waals surface area contributed by atoms with Crippen molar-refractivity contribution in [1.29, 1.82) is 0 Å². The van der Waals surface area contributed by atoms with Crippen molar-refractivity contribution in [3.8, 4) is 0 Å². The Hall–Kier alpha value is -1.13. The number of alkyl halides is 1. The van der Waals surface area contributed by atoms with Gasteiger partial charge in [-0.3, -0.25) is 0 Å². The number of sulfone groups is 1. The molecule has 100 valence electrons. The summed E-state index contributed by atoms with van der Waals surface area (Å²) < 4.78 is 23.5. The van der Waals surface area contributed by atoms with Gasteiger partial charge in [-0.2, -0.15) is 0 Å². The number of hydrogen-bond donors (Lipinski definition) is 0. The van der Waals surface area contributed by atoms with E-state index < -0.39 is 9.84 Å². The second kappa shape index (κ2) is 5.88. The maximum atomic E-state index is 11.7. The summed E-state index contributed by atoms with van der Waals surface area (Å²) in [7, 11) is -3.12.